The van der Waals surface area contributed by atoms with E-state index < -0.39 is 5.97 Å². The van der Waals surface area contributed by atoms with E-state index in [1.165, 1.54) is 26.4 Å². The summed E-state index contributed by atoms with van der Waals surface area (Å²) in [6.07, 6.45) is 8.62. The molecule has 0 saturated carbocycles. The summed E-state index contributed by atoms with van der Waals surface area (Å²) >= 11 is 0. The minimum atomic E-state index is -1.02. The SMILES string of the molecule is COC(C(=O)O)=C(C)C=CCC(C)CCCC(C)C. The number of hydrogen-bond donors (Lipinski definition) is 1. The maximum atomic E-state index is 10.9. The first-order valence-corrected chi connectivity index (χ1v) is 7.03. The van der Waals surface area contributed by atoms with Gasteiger partial charge in [0.25, 0.3) is 0 Å². The molecule has 0 aliphatic carbocycles. The fraction of sp³-hybridized carbons (Fsp3) is 0.688. The predicted molar refractivity (Wildman–Crippen MR) is 79.0 cm³/mol. The minimum absolute atomic E-state index is 0.0173. The molecular formula is C16H28O3. The Morgan fingerprint density at radius 1 is 1.26 bits per heavy atom. The summed E-state index contributed by atoms with van der Waals surface area (Å²) in [5.74, 6) is 0.407. The van der Waals surface area contributed by atoms with E-state index in [9.17, 15) is 4.79 Å². The first kappa shape index (κ1) is 17.8. The number of carbonyl (C=O) groups is 1. The van der Waals surface area contributed by atoms with E-state index in [1.54, 1.807) is 6.92 Å². The molecule has 0 rings (SSSR count). The standard InChI is InChI=1S/C16H28O3/c1-12(2)8-6-9-13(3)10-7-11-14(4)15(19-5)16(17)18/h7,11-13H,6,8-10H2,1-5H3,(H,17,18). The largest absolute Gasteiger partial charge is 0.490 e. The van der Waals surface area contributed by atoms with E-state index in [0.29, 0.717) is 11.5 Å². The van der Waals surface area contributed by atoms with Crippen molar-refractivity contribution >= 4 is 5.97 Å². The predicted octanol–water partition coefficient (Wildman–Crippen LogP) is 4.40. The zero-order valence-corrected chi connectivity index (χ0v) is 12.9. The average molecular weight is 268 g/mol. The van der Waals surface area contributed by atoms with Crippen LogP contribution in [0.5, 0.6) is 0 Å². The summed E-state index contributed by atoms with van der Waals surface area (Å²) in [7, 11) is 1.38. The number of hydrogen-bond acceptors (Lipinski definition) is 2. The number of ether oxygens (including phenoxy) is 1. The number of methoxy groups -OCH3 is 1. The van der Waals surface area contributed by atoms with Crippen molar-refractivity contribution in [2.24, 2.45) is 11.8 Å². The second-order valence-corrected chi connectivity index (χ2v) is 5.59. The Kier molecular flexibility index (Phi) is 9.02. The molecule has 0 aliphatic heterocycles. The number of rotatable bonds is 9. The lowest BCUT2D eigenvalue weighted by molar-refractivity contribution is -0.136. The normalized spacial score (nSPS) is 14.6. The molecule has 0 aliphatic rings. The van der Waals surface area contributed by atoms with Gasteiger partial charge in [0.05, 0.1) is 7.11 Å². The van der Waals surface area contributed by atoms with Gasteiger partial charge in [0.1, 0.15) is 0 Å². The number of carboxylic acid groups (broad SMARTS) is 1. The maximum absolute atomic E-state index is 10.9. The van der Waals surface area contributed by atoms with Gasteiger partial charge in [0.2, 0.25) is 5.76 Å². The molecule has 3 heteroatoms. The summed E-state index contributed by atoms with van der Waals surface area (Å²) in [6, 6.07) is 0. The molecule has 0 bridgehead atoms. The lowest BCUT2D eigenvalue weighted by Gasteiger charge is -2.10. The molecule has 0 saturated heterocycles. The Balaban J connectivity index is 4.17. The van der Waals surface area contributed by atoms with E-state index in [2.05, 4.69) is 20.8 Å². The molecule has 0 fully saturated rings. The Labute approximate surface area is 117 Å². The van der Waals surface area contributed by atoms with E-state index in [0.717, 1.165) is 12.3 Å². The molecule has 3 nitrogen and oxygen atoms in total. The number of aliphatic carboxylic acids is 1. The Morgan fingerprint density at radius 2 is 1.89 bits per heavy atom. The van der Waals surface area contributed by atoms with Crippen LogP contribution in [0, 0.1) is 11.8 Å². The summed E-state index contributed by atoms with van der Waals surface area (Å²) in [5.41, 5.74) is 0.657. The molecule has 19 heavy (non-hydrogen) atoms. The van der Waals surface area contributed by atoms with Gasteiger partial charge in [-0.25, -0.2) is 4.79 Å². The van der Waals surface area contributed by atoms with Gasteiger partial charge >= 0.3 is 5.97 Å². The third-order valence-corrected chi connectivity index (χ3v) is 3.14. The molecule has 1 N–H and O–H groups in total. The van der Waals surface area contributed by atoms with Crippen molar-refractivity contribution in [2.75, 3.05) is 7.11 Å². The van der Waals surface area contributed by atoms with E-state index in [4.69, 9.17) is 9.84 Å². The quantitative estimate of drug-likeness (QED) is 0.383. The maximum Gasteiger partial charge on any atom is 0.371 e. The lowest BCUT2D eigenvalue weighted by Crippen LogP contribution is -2.04. The van der Waals surface area contributed by atoms with Crippen LogP contribution >= 0.6 is 0 Å². The molecule has 0 aromatic heterocycles. The van der Waals surface area contributed by atoms with Crippen molar-refractivity contribution in [1.29, 1.82) is 0 Å². The molecule has 0 aromatic rings. The van der Waals surface area contributed by atoms with Crippen LogP contribution in [0.4, 0.5) is 0 Å². The lowest BCUT2D eigenvalue weighted by atomic mass is 9.97. The van der Waals surface area contributed by atoms with Crippen LogP contribution in [0.15, 0.2) is 23.5 Å². The summed E-state index contributed by atoms with van der Waals surface area (Å²) in [5, 5.41) is 8.90. The number of carboxylic acids is 1. The molecule has 110 valence electrons. The summed E-state index contributed by atoms with van der Waals surface area (Å²) < 4.78 is 4.85. The number of allylic oxidation sites excluding steroid dienone is 3. The van der Waals surface area contributed by atoms with Gasteiger partial charge in [-0.05, 0) is 30.8 Å². The van der Waals surface area contributed by atoms with Crippen molar-refractivity contribution < 1.29 is 14.6 Å². The molecule has 0 spiro atoms. The van der Waals surface area contributed by atoms with Gasteiger partial charge in [-0.3, -0.25) is 0 Å². The van der Waals surface area contributed by atoms with Crippen LogP contribution in [-0.2, 0) is 9.53 Å². The van der Waals surface area contributed by atoms with Crippen LogP contribution in [0.1, 0.15) is 53.4 Å². The van der Waals surface area contributed by atoms with Gasteiger partial charge in [-0.1, -0.05) is 52.2 Å². The Hall–Kier alpha value is -1.25. The van der Waals surface area contributed by atoms with Gasteiger partial charge in [0.15, 0.2) is 0 Å². The van der Waals surface area contributed by atoms with Gasteiger partial charge in [-0.15, -0.1) is 0 Å². The zero-order valence-electron chi connectivity index (χ0n) is 12.9. The van der Waals surface area contributed by atoms with Gasteiger partial charge < -0.3 is 9.84 Å². The summed E-state index contributed by atoms with van der Waals surface area (Å²) in [4.78, 5) is 10.9. The zero-order chi connectivity index (χ0) is 14.8. The second kappa shape index (κ2) is 9.65. The van der Waals surface area contributed by atoms with Crippen LogP contribution in [0.25, 0.3) is 0 Å². The molecule has 0 aromatic carbocycles. The third kappa shape index (κ3) is 8.46. The molecule has 0 amide bonds. The highest BCUT2D eigenvalue weighted by atomic mass is 16.5. The van der Waals surface area contributed by atoms with Crippen molar-refractivity contribution in [2.45, 2.75) is 53.4 Å². The average Bonchev–Trinajstić information content (AvgIpc) is 2.28. The van der Waals surface area contributed by atoms with Crippen molar-refractivity contribution in [3.63, 3.8) is 0 Å². The molecule has 1 atom stereocenters. The van der Waals surface area contributed by atoms with Crippen LogP contribution in [0.2, 0.25) is 0 Å². The van der Waals surface area contributed by atoms with E-state index >= 15 is 0 Å². The van der Waals surface area contributed by atoms with Crippen LogP contribution < -0.4 is 0 Å². The van der Waals surface area contributed by atoms with Crippen LogP contribution in [0.3, 0.4) is 0 Å². The highest BCUT2D eigenvalue weighted by Crippen LogP contribution is 2.16. The monoisotopic (exact) mass is 268 g/mol. The van der Waals surface area contributed by atoms with Gasteiger partial charge in [0, 0.05) is 0 Å². The highest BCUT2D eigenvalue weighted by molar-refractivity contribution is 5.85. The topological polar surface area (TPSA) is 46.5 Å². The van der Waals surface area contributed by atoms with E-state index in [-0.39, 0.29) is 5.76 Å². The van der Waals surface area contributed by atoms with Crippen molar-refractivity contribution in [3.8, 4) is 0 Å². The highest BCUT2D eigenvalue weighted by Gasteiger charge is 2.09. The van der Waals surface area contributed by atoms with Crippen molar-refractivity contribution in [3.05, 3.63) is 23.5 Å². The first-order valence-electron chi connectivity index (χ1n) is 7.03. The van der Waals surface area contributed by atoms with Gasteiger partial charge in [-0.2, -0.15) is 0 Å². The Morgan fingerprint density at radius 3 is 2.37 bits per heavy atom. The molecule has 0 heterocycles. The van der Waals surface area contributed by atoms with Crippen LogP contribution in [-0.4, -0.2) is 18.2 Å². The molecule has 1 unspecified atom stereocenters. The van der Waals surface area contributed by atoms with Crippen molar-refractivity contribution in [1.82, 2.24) is 0 Å². The first-order chi connectivity index (χ1) is 8.88. The van der Waals surface area contributed by atoms with E-state index in [1.807, 2.05) is 12.2 Å². The smallest absolute Gasteiger partial charge is 0.371 e. The fourth-order valence-corrected chi connectivity index (χ4v) is 1.96. The third-order valence-electron chi connectivity index (χ3n) is 3.14. The second-order valence-electron chi connectivity index (χ2n) is 5.59. The molecular weight excluding hydrogens is 240 g/mol. The Bertz CT molecular complexity index is 327. The minimum Gasteiger partial charge on any atom is -0.490 e. The summed E-state index contributed by atoms with van der Waals surface area (Å²) in [6.45, 7) is 8.48. The molecule has 0 radical (unpaired) electrons. The fourth-order valence-electron chi connectivity index (χ4n) is 1.96.